The lowest BCUT2D eigenvalue weighted by molar-refractivity contribution is 0.768. The van der Waals surface area contributed by atoms with Gasteiger partial charge in [-0.1, -0.05) is 164 Å². The Balaban J connectivity index is 1.15. The van der Waals surface area contributed by atoms with E-state index in [2.05, 4.69) is 152 Å². The molecule has 1 aliphatic rings. The van der Waals surface area contributed by atoms with Crippen molar-refractivity contribution in [2.45, 2.75) is 5.41 Å². The molecule has 0 unspecified atom stereocenters. The quantitative estimate of drug-likeness (QED) is 0.173. The average Bonchev–Trinajstić information content (AvgIpc) is 3.68. The fourth-order valence-electron chi connectivity index (χ4n) is 8.69. The molecule has 0 fully saturated rings. The van der Waals surface area contributed by atoms with E-state index in [1.54, 1.807) is 9.13 Å². The summed E-state index contributed by atoms with van der Waals surface area (Å²) in [7, 11) is 3.65. The Morgan fingerprint density at radius 3 is 1.67 bits per heavy atom. The molecule has 0 spiro atoms. The van der Waals surface area contributed by atoms with Crippen molar-refractivity contribution >= 4 is 11.0 Å². The van der Waals surface area contributed by atoms with Gasteiger partial charge in [-0.3, -0.25) is 9.13 Å². The fourth-order valence-corrected chi connectivity index (χ4v) is 8.69. The second kappa shape index (κ2) is 12.8. The van der Waals surface area contributed by atoms with E-state index >= 15 is 0 Å². The van der Waals surface area contributed by atoms with E-state index in [0.717, 1.165) is 50.2 Å². The highest BCUT2D eigenvalue weighted by Crippen LogP contribution is 2.56. The molecule has 0 aliphatic heterocycles. The number of imidazole rings is 1. The molecule has 10 rings (SSSR count). The van der Waals surface area contributed by atoms with Crippen LogP contribution >= 0.6 is 0 Å². The zero-order valence-corrected chi connectivity index (χ0v) is 30.5. The van der Waals surface area contributed by atoms with Gasteiger partial charge in [0.25, 0.3) is 0 Å². The van der Waals surface area contributed by atoms with Gasteiger partial charge >= 0.3 is 5.69 Å². The maximum atomic E-state index is 12.8. The van der Waals surface area contributed by atoms with E-state index in [-0.39, 0.29) is 5.69 Å². The van der Waals surface area contributed by atoms with E-state index < -0.39 is 5.41 Å². The minimum Gasteiger partial charge on any atom is -0.295 e. The van der Waals surface area contributed by atoms with Gasteiger partial charge in [0.05, 0.1) is 27.8 Å². The van der Waals surface area contributed by atoms with Crippen LogP contribution in [0.3, 0.4) is 0 Å². The Morgan fingerprint density at radius 2 is 0.982 bits per heavy atom. The van der Waals surface area contributed by atoms with Gasteiger partial charge in [-0.2, -0.15) is 0 Å². The topological polar surface area (TPSA) is 52.7 Å². The van der Waals surface area contributed by atoms with Crippen molar-refractivity contribution in [2.24, 2.45) is 14.1 Å². The number of benzene rings is 7. The number of hydrogen-bond acceptors (Lipinski definition) is 3. The number of rotatable bonds is 6. The monoisotopic (exact) mass is 708 g/mol. The van der Waals surface area contributed by atoms with Gasteiger partial charge < -0.3 is 0 Å². The van der Waals surface area contributed by atoms with Crippen molar-refractivity contribution in [1.82, 2.24) is 19.1 Å². The van der Waals surface area contributed by atoms with Crippen LogP contribution in [0.25, 0.3) is 67.2 Å². The lowest BCUT2D eigenvalue weighted by Gasteiger charge is -2.34. The molecule has 2 heterocycles. The molecule has 0 N–H and O–H groups in total. The third kappa shape index (κ3) is 5.04. The molecule has 5 heteroatoms. The van der Waals surface area contributed by atoms with Gasteiger partial charge in [0.15, 0.2) is 5.82 Å². The lowest BCUT2D eigenvalue weighted by atomic mass is 9.67. The maximum Gasteiger partial charge on any atom is 0.328 e. The molecule has 0 amide bonds. The largest absolute Gasteiger partial charge is 0.328 e. The first kappa shape index (κ1) is 32.5. The standard InChI is InChI=1S/C50H36N4O/c1-53-46-24-14-22-39(47(46)54(2)49(53)55)33-25-27-34(28-26-33)44-32-45(52-48(51-44)35-15-6-3-7-16-35)36-29-30-41-40-21-12-13-23-42(40)50(43(41)31-36,37-17-8-4-9-18-37)38-19-10-5-11-20-38/h3-32H,1-2H3. The van der Waals surface area contributed by atoms with Crippen LogP contribution in [0, 0.1) is 0 Å². The summed E-state index contributed by atoms with van der Waals surface area (Å²) in [5.74, 6) is 0.669. The van der Waals surface area contributed by atoms with Crippen LogP contribution in [0.15, 0.2) is 187 Å². The molecule has 2 aromatic heterocycles. The summed E-state index contributed by atoms with van der Waals surface area (Å²) in [4.78, 5) is 23.2. The number of fused-ring (bicyclic) bond motifs is 4. The molecule has 5 nitrogen and oxygen atoms in total. The number of para-hydroxylation sites is 1. The fraction of sp³-hybridized carbons (Fsp3) is 0.0600. The summed E-state index contributed by atoms with van der Waals surface area (Å²) in [6, 6.07) is 64.2. The lowest BCUT2D eigenvalue weighted by Crippen LogP contribution is -2.28. The first-order valence-electron chi connectivity index (χ1n) is 18.6. The molecule has 55 heavy (non-hydrogen) atoms. The van der Waals surface area contributed by atoms with Gasteiger partial charge in [0, 0.05) is 36.3 Å². The van der Waals surface area contributed by atoms with E-state index in [9.17, 15) is 4.79 Å². The Kier molecular flexibility index (Phi) is 7.56. The van der Waals surface area contributed by atoms with Gasteiger partial charge in [0.1, 0.15) is 0 Å². The Hall–Kier alpha value is -7.11. The minimum absolute atomic E-state index is 0.0405. The van der Waals surface area contributed by atoms with Crippen molar-refractivity contribution in [1.29, 1.82) is 0 Å². The summed E-state index contributed by atoms with van der Waals surface area (Å²) in [6.07, 6.45) is 0. The first-order valence-corrected chi connectivity index (χ1v) is 18.6. The highest BCUT2D eigenvalue weighted by atomic mass is 16.1. The van der Waals surface area contributed by atoms with Gasteiger partial charge in [-0.15, -0.1) is 0 Å². The van der Waals surface area contributed by atoms with Crippen LogP contribution in [0.5, 0.6) is 0 Å². The third-order valence-corrected chi connectivity index (χ3v) is 11.3. The van der Waals surface area contributed by atoms with Crippen molar-refractivity contribution < 1.29 is 0 Å². The smallest absolute Gasteiger partial charge is 0.295 e. The van der Waals surface area contributed by atoms with E-state index in [4.69, 9.17) is 9.97 Å². The van der Waals surface area contributed by atoms with Crippen LogP contribution in [-0.2, 0) is 19.5 Å². The van der Waals surface area contributed by atoms with E-state index in [1.807, 2.05) is 44.4 Å². The first-order chi connectivity index (χ1) is 27.0. The minimum atomic E-state index is -0.510. The number of aryl methyl sites for hydroxylation is 2. The molecule has 0 atom stereocenters. The second-order valence-electron chi connectivity index (χ2n) is 14.3. The van der Waals surface area contributed by atoms with E-state index in [1.165, 1.54) is 33.4 Å². The number of hydrogen-bond donors (Lipinski definition) is 0. The van der Waals surface area contributed by atoms with Crippen LogP contribution < -0.4 is 5.69 Å². The Labute approximate surface area is 319 Å². The predicted octanol–water partition coefficient (Wildman–Crippen LogP) is 10.7. The SMILES string of the molecule is Cn1c(=O)n(C)c2c(-c3ccc(-c4cc(-c5ccc6c(c5)C(c5ccccc5)(c5ccccc5)c5ccccc5-6)nc(-c5ccccc5)n4)cc3)cccc21. The van der Waals surface area contributed by atoms with E-state index in [0.29, 0.717) is 5.82 Å². The summed E-state index contributed by atoms with van der Waals surface area (Å²) in [6.45, 7) is 0. The van der Waals surface area contributed by atoms with Gasteiger partial charge in [-0.25, -0.2) is 14.8 Å². The molecule has 0 saturated carbocycles. The van der Waals surface area contributed by atoms with Crippen LogP contribution in [0.4, 0.5) is 0 Å². The summed E-state index contributed by atoms with van der Waals surface area (Å²) >= 11 is 0. The van der Waals surface area contributed by atoms with Crippen molar-refractivity contribution in [3.63, 3.8) is 0 Å². The van der Waals surface area contributed by atoms with Crippen LogP contribution in [-0.4, -0.2) is 19.1 Å². The summed E-state index contributed by atoms with van der Waals surface area (Å²) in [5.41, 5.74) is 15.4. The Morgan fingerprint density at radius 1 is 0.436 bits per heavy atom. The second-order valence-corrected chi connectivity index (χ2v) is 14.3. The third-order valence-electron chi connectivity index (χ3n) is 11.3. The molecule has 1 aliphatic carbocycles. The Bertz CT molecular complexity index is 2910. The molecule has 7 aromatic carbocycles. The zero-order chi connectivity index (χ0) is 37.1. The summed E-state index contributed by atoms with van der Waals surface area (Å²) in [5, 5.41) is 0. The predicted molar refractivity (Wildman–Crippen MR) is 223 cm³/mol. The molecule has 262 valence electrons. The van der Waals surface area contributed by atoms with Crippen LogP contribution in [0.2, 0.25) is 0 Å². The molecule has 0 radical (unpaired) electrons. The van der Waals surface area contributed by atoms with Crippen molar-refractivity contribution in [3.05, 3.63) is 215 Å². The van der Waals surface area contributed by atoms with Crippen molar-refractivity contribution in [2.75, 3.05) is 0 Å². The molecular weight excluding hydrogens is 673 g/mol. The highest BCUT2D eigenvalue weighted by molar-refractivity contribution is 5.93. The van der Waals surface area contributed by atoms with Gasteiger partial charge in [0.2, 0.25) is 0 Å². The normalized spacial score (nSPS) is 12.8. The zero-order valence-electron chi connectivity index (χ0n) is 30.5. The summed E-state index contributed by atoms with van der Waals surface area (Å²) < 4.78 is 3.42. The van der Waals surface area contributed by atoms with Gasteiger partial charge in [-0.05, 0) is 57.1 Å². The highest BCUT2D eigenvalue weighted by Gasteiger charge is 2.46. The number of nitrogens with zero attached hydrogens (tertiary/aromatic N) is 4. The molecule has 0 saturated heterocycles. The van der Waals surface area contributed by atoms with Crippen LogP contribution in [0.1, 0.15) is 22.3 Å². The molecular formula is C50H36N4O. The number of aromatic nitrogens is 4. The average molecular weight is 709 g/mol. The van der Waals surface area contributed by atoms with Crippen molar-refractivity contribution in [3.8, 4) is 56.2 Å². The maximum absolute atomic E-state index is 12.8. The molecule has 9 aromatic rings. The molecule has 0 bridgehead atoms.